The fourth-order valence-corrected chi connectivity index (χ4v) is 4.63. The average Bonchev–Trinajstić information content (AvgIpc) is 3.39. The smallest absolute Gasteiger partial charge is 0.260 e. The maximum Gasteiger partial charge on any atom is 0.260 e. The van der Waals surface area contributed by atoms with Crippen LogP contribution >= 0.6 is 11.3 Å². The van der Waals surface area contributed by atoms with Gasteiger partial charge in [-0.2, -0.15) is 0 Å². The van der Waals surface area contributed by atoms with Crippen LogP contribution in [-0.2, 0) is 4.74 Å². The number of aryl methyl sites for hydroxylation is 2. The van der Waals surface area contributed by atoms with E-state index in [1.807, 2.05) is 18.2 Å². The third-order valence-electron chi connectivity index (χ3n) is 5.13. The zero-order chi connectivity index (χ0) is 19.7. The molecule has 28 heavy (non-hydrogen) atoms. The van der Waals surface area contributed by atoms with Gasteiger partial charge < -0.3 is 9.47 Å². The predicted molar refractivity (Wildman–Crippen MR) is 113 cm³/mol. The molecule has 0 saturated carbocycles. The van der Waals surface area contributed by atoms with Crippen LogP contribution in [0.3, 0.4) is 0 Å². The van der Waals surface area contributed by atoms with Crippen LogP contribution in [-0.4, -0.2) is 37.3 Å². The Labute approximate surface area is 168 Å². The molecule has 1 amide bonds. The summed E-state index contributed by atoms with van der Waals surface area (Å²) in [4.78, 5) is 20.0. The maximum atomic E-state index is 13.4. The molecule has 2 aromatic carbocycles. The predicted octanol–water partition coefficient (Wildman–Crippen LogP) is 4.75. The average molecular weight is 397 g/mol. The van der Waals surface area contributed by atoms with Gasteiger partial charge in [0.1, 0.15) is 5.75 Å². The summed E-state index contributed by atoms with van der Waals surface area (Å²) in [6, 6.07) is 11.4. The molecule has 6 heteroatoms. The molecule has 146 valence electrons. The van der Waals surface area contributed by atoms with Crippen LogP contribution in [0.15, 0.2) is 36.4 Å². The van der Waals surface area contributed by atoms with Crippen LogP contribution in [0, 0.1) is 13.8 Å². The Hall–Kier alpha value is -2.44. The fourth-order valence-electron chi connectivity index (χ4n) is 3.52. The van der Waals surface area contributed by atoms with Gasteiger partial charge >= 0.3 is 0 Å². The van der Waals surface area contributed by atoms with Gasteiger partial charge in [-0.3, -0.25) is 9.69 Å². The summed E-state index contributed by atoms with van der Waals surface area (Å²) in [7, 11) is 1.60. The second kappa shape index (κ2) is 7.89. The van der Waals surface area contributed by atoms with Crippen molar-refractivity contribution in [1.29, 1.82) is 0 Å². The van der Waals surface area contributed by atoms with Crippen molar-refractivity contribution in [2.24, 2.45) is 0 Å². The number of aromatic nitrogens is 1. The first-order chi connectivity index (χ1) is 13.6. The van der Waals surface area contributed by atoms with E-state index in [-0.39, 0.29) is 12.0 Å². The van der Waals surface area contributed by atoms with Gasteiger partial charge in [0.05, 0.1) is 30.0 Å². The largest absolute Gasteiger partial charge is 0.497 e. The second-order valence-electron chi connectivity index (χ2n) is 7.16. The van der Waals surface area contributed by atoms with Crippen LogP contribution in [0.25, 0.3) is 10.2 Å². The first-order valence-electron chi connectivity index (χ1n) is 9.51. The molecule has 1 saturated heterocycles. The third kappa shape index (κ3) is 3.62. The van der Waals surface area contributed by atoms with Crippen LogP contribution < -0.4 is 9.64 Å². The Balaban J connectivity index is 1.75. The van der Waals surface area contributed by atoms with Gasteiger partial charge in [-0.05, 0) is 56.0 Å². The molecule has 2 heterocycles. The van der Waals surface area contributed by atoms with Crippen LogP contribution in [0.4, 0.5) is 5.13 Å². The SMILES string of the molecule is COc1cccc(C(=O)N(CC2CCCO2)c2nc3c(C)ccc(C)c3s2)c1. The summed E-state index contributed by atoms with van der Waals surface area (Å²) in [5.41, 5.74) is 3.85. The van der Waals surface area contributed by atoms with Crippen LogP contribution in [0.2, 0.25) is 0 Å². The molecule has 1 aliphatic heterocycles. The molecular formula is C22H24N2O3S. The number of benzene rings is 2. The fraction of sp³-hybridized carbons (Fsp3) is 0.364. The number of fused-ring (bicyclic) bond motifs is 1. The molecule has 0 radical (unpaired) electrons. The molecule has 0 N–H and O–H groups in total. The number of anilines is 1. The van der Waals surface area contributed by atoms with E-state index >= 15 is 0 Å². The Kier molecular flexibility index (Phi) is 5.33. The lowest BCUT2D eigenvalue weighted by Crippen LogP contribution is -2.37. The monoisotopic (exact) mass is 396 g/mol. The third-order valence-corrected chi connectivity index (χ3v) is 6.35. The Morgan fingerprint density at radius 2 is 2.11 bits per heavy atom. The lowest BCUT2D eigenvalue weighted by Gasteiger charge is -2.23. The van der Waals surface area contributed by atoms with Crippen molar-refractivity contribution in [2.75, 3.05) is 25.2 Å². The van der Waals surface area contributed by atoms with Gasteiger partial charge in [0.15, 0.2) is 5.13 Å². The van der Waals surface area contributed by atoms with Gasteiger partial charge in [0.2, 0.25) is 0 Å². The van der Waals surface area contributed by atoms with E-state index in [1.54, 1.807) is 29.4 Å². The molecule has 1 unspecified atom stereocenters. The number of hydrogen-bond acceptors (Lipinski definition) is 5. The molecule has 1 fully saturated rings. The number of carbonyl (C=O) groups excluding carboxylic acids is 1. The molecule has 1 atom stereocenters. The molecule has 0 aliphatic carbocycles. The van der Waals surface area contributed by atoms with Gasteiger partial charge in [-0.15, -0.1) is 0 Å². The van der Waals surface area contributed by atoms with E-state index in [1.165, 1.54) is 5.56 Å². The Morgan fingerprint density at radius 1 is 1.29 bits per heavy atom. The minimum absolute atomic E-state index is 0.0452. The van der Waals surface area contributed by atoms with Crippen molar-refractivity contribution in [3.8, 4) is 5.75 Å². The highest BCUT2D eigenvalue weighted by Gasteiger charge is 2.27. The topological polar surface area (TPSA) is 51.7 Å². The first kappa shape index (κ1) is 18.9. The van der Waals surface area contributed by atoms with E-state index in [0.717, 1.165) is 40.4 Å². The number of rotatable bonds is 5. The van der Waals surface area contributed by atoms with Gasteiger partial charge in [0, 0.05) is 12.2 Å². The zero-order valence-corrected chi connectivity index (χ0v) is 17.2. The molecule has 0 spiro atoms. The zero-order valence-electron chi connectivity index (χ0n) is 16.4. The molecule has 1 aliphatic rings. The summed E-state index contributed by atoms with van der Waals surface area (Å²) in [5, 5.41) is 0.718. The standard InChI is InChI=1S/C22H24N2O3S/c1-14-9-10-15(2)20-19(14)23-22(28-20)24(13-18-8-5-11-27-18)21(25)16-6-4-7-17(12-16)26-3/h4,6-7,9-10,12,18H,5,8,11,13H2,1-3H3. The summed E-state index contributed by atoms with van der Waals surface area (Å²) >= 11 is 1.57. The number of ether oxygens (including phenoxy) is 2. The highest BCUT2D eigenvalue weighted by molar-refractivity contribution is 7.22. The minimum atomic E-state index is -0.0798. The molecule has 3 aromatic rings. The lowest BCUT2D eigenvalue weighted by molar-refractivity contribution is 0.0917. The van der Waals surface area contributed by atoms with Gasteiger partial charge in [-0.25, -0.2) is 4.98 Å². The molecule has 1 aromatic heterocycles. The highest BCUT2D eigenvalue weighted by Crippen LogP contribution is 2.34. The van der Waals surface area contributed by atoms with Crippen molar-refractivity contribution in [2.45, 2.75) is 32.8 Å². The van der Waals surface area contributed by atoms with E-state index in [4.69, 9.17) is 14.5 Å². The number of thiazole rings is 1. The van der Waals surface area contributed by atoms with E-state index in [9.17, 15) is 4.79 Å². The van der Waals surface area contributed by atoms with Crippen molar-refractivity contribution >= 4 is 32.6 Å². The van der Waals surface area contributed by atoms with Crippen molar-refractivity contribution < 1.29 is 14.3 Å². The lowest BCUT2D eigenvalue weighted by atomic mass is 10.1. The van der Waals surface area contributed by atoms with Gasteiger partial charge in [-0.1, -0.05) is 29.5 Å². The minimum Gasteiger partial charge on any atom is -0.497 e. The normalized spacial score (nSPS) is 16.5. The summed E-state index contributed by atoms with van der Waals surface area (Å²) in [6.45, 7) is 5.40. The van der Waals surface area contributed by atoms with E-state index in [0.29, 0.717) is 17.9 Å². The summed E-state index contributed by atoms with van der Waals surface area (Å²) in [6.07, 6.45) is 2.04. The molecule has 0 bridgehead atoms. The quantitative estimate of drug-likeness (QED) is 0.625. The number of nitrogens with zero attached hydrogens (tertiary/aromatic N) is 2. The number of hydrogen-bond donors (Lipinski definition) is 0. The van der Waals surface area contributed by atoms with E-state index < -0.39 is 0 Å². The van der Waals surface area contributed by atoms with Crippen molar-refractivity contribution in [3.63, 3.8) is 0 Å². The number of amides is 1. The number of carbonyl (C=O) groups is 1. The van der Waals surface area contributed by atoms with Gasteiger partial charge in [0.25, 0.3) is 5.91 Å². The summed E-state index contributed by atoms with van der Waals surface area (Å²) < 4.78 is 12.2. The molecular weight excluding hydrogens is 372 g/mol. The van der Waals surface area contributed by atoms with Crippen molar-refractivity contribution in [1.82, 2.24) is 4.98 Å². The molecule has 5 nitrogen and oxygen atoms in total. The Morgan fingerprint density at radius 3 is 2.82 bits per heavy atom. The number of methoxy groups -OCH3 is 1. The highest BCUT2D eigenvalue weighted by atomic mass is 32.1. The maximum absolute atomic E-state index is 13.4. The van der Waals surface area contributed by atoms with Crippen LogP contribution in [0.5, 0.6) is 5.75 Å². The Bertz CT molecular complexity index is 969. The molecule has 4 rings (SSSR count). The summed E-state index contributed by atoms with van der Waals surface area (Å²) in [5.74, 6) is 0.586. The van der Waals surface area contributed by atoms with E-state index in [2.05, 4.69) is 26.0 Å². The van der Waals surface area contributed by atoms with Crippen molar-refractivity contribution in [3.05, 3.63) is 53.1 Å². The second-order valence-corrected chi connectivity index (χ2v) is 8.13. The van der Waals surface area contributed by atoms with Crippen LogP contribution in [0.1, 0.15) is 34.3 Å². The first-order valence-corrected chi connectivity index (χ1v) is 10.3.